The Bertz CT molecular complexity index is 508. The summed E-state index contributed by atoms with van der Waals surface area (Å²) in [6.45, 7) is 0.485. The molecule has 1 aliphatic heterocycles. The molecule has 0 aliphatic carbocycles. The van der Waals surface area contributed by atoms with Gasteiger partial charge in [0, 0.05) is 33.7 Å². The first-order valence-corrected chi connectivity index (χ1v) is 8.38. The van der Waals surface area contributed by atoms with E-state index in [0.717, 1.165) is 12.0 Å². The molecular formula is C18H28O7. The molecule has 2 rings (SSSR count). The lowest BCUT2D eigenvalue weighted by molar-refractivity contribution is -0.152. The van der Waals surface area contributed by atoms with E-state index in [4.69, 9.17) is 28.4 Å². The maximum atomic E-state index is 9.24. The highest BCUT2D eigenvalue weighted by Gasteiger charge is 2.31. The number of ether oxygens (including phenoxy) is 6. The van der Waals surface area contributed by atoms with E-state index in [1.807, 2.05) is 18.2 Å². The fourth-order valence-corrected chi connectivity index (χ4v) is 2.94. The van der Waals surface area contributed by atoms with Crippen LogP contribution < -0.4 is 9.47 Å². The van der Waals surface area contributed by atoms with Crippen molar-refractivity contribution in [3.05, 3.63) is 23.8 Å². The summed E-state index contributed by atoms with van der Waals surface area (Å²) in [4.78, 5) is 0. The Morgan fingerprint density at radius 2 is 1.88 bits per heavy atom. The molecule has 0 amide bonds. The van der Waals surface area contributed by atoms with Crippen molar-refractivity contribution in [1.29, 1.82) is 0 Å². The van der Waals surface area contributed by atoms with Gasteiger partial charge in [0.1, 0.15) is 6.79 Å². The predicted octanol–water partition coefficient (Wildman–Crippen LogP) is 2.27. The highest BCUT2D eigenvalue weighted by atomic mass is 16.7. The molecule has 7 heteroatoms. The van der Waals surface area contributed by atoms with Crippen LogP contribution in [0.1, 0.15) is 30.9 Å². The van der Waals surface area contributed by atoms with E-state index in [1.54, 1.807) is 21.3 Å². The van der Waals surface area contributed by atoms with Gasteiger partial charge in [-0.1, -0.05) is 6.07 Å². The molecule has 0 unspecified atom stereocenters. The van der Waals surface area contributed by atoms with Gasteiger partial charge in [-0.2, -0.15) is 0 Å². The zero-order chi connectivity index (χ0) is 18.1. The van der Waals surface area contributed by atoms with Crippen molar-refractivity contribution >= 4 is 0 Å². The molecule has 0 bridgehead atoms. The maximum Gasteiger partial charge on any atom is 0.188 e. The van der Waals surface area contributed by atoms with Crippen molar-refractivity contribution in [3.8, 4) is 11.5 Å². The van der Waals surface area contributed by atoms with Crippen molar-refractivity contribution in [2.45, 2.75) is 37.6 Å². The summed E-state index contributed by atoms with van der Waals surface area (Å²) in [5, 5.41) is 9.24. The van der Waals surface area contributed by atoms with Crippen LogP contribution in [0.25, 0.3) is 0 Å². The Morgan fingerprint density at radius 3 is 2.56 bits per heavy atom. The first kappa shape index (κ1) is 19.9. The van der Waals surface area contributed by atoms with Crippen LogP contribution >= 0.6 is 0 Å². The molecule has 1 aliphatic rings. The van der Waals surface area contributed by atoms with Gasteiger partial charge in [0.25, 0.3) is 0 Å². The van der Waals surface area contributed by atoms with E-state index >= 15 is 0 Å². The fourth-order valence-electron chi connectivity index (χ4n) is 2.94. The van der Waals surface area contributed by atoms with Crippen molar-refractivity contribution in [1.82, 2.24) is 0 Å². The summed E-state index contributed by atoms with van der Waals surface area (Å²) >= 11 is 0. The van der Waals surface area contributed by atoms with Gasteiger partial charge >= 0.3 is 0 Å². The second-order valence-electron chi connectivity index (χ2n) is 5.89. The quantitative estimate of drug-likeness (QED) is 0.645. The van der Waals surface area contributed by atoms with Crippen LogP contribution in [-0.4, -0.2) is 58.8 Å². The minimum atomic E-state index is -0.141. The van der Waals surface area contributed by atoms with E-state index in [-0.39, 0.29) is 38.5 Å². The van der Waals surface area contributed by atoms with Gasteiger partial charge in [0.2, 0.25) is 0 Å². The van der Waals surface area contributed by atoms with Crippen LogP contribution in [-0.2, 0) is 18.9 Å². The summed E-state index contributed by atoms with van der Waals surface area (Å²) in [6, 6.07) is 5.70. The first-order valence-electron chi connectivity index (χ1n) is 8.38. The molecule has 0 aromatic heterocycles. The lowest BCUT2D eigenvalue weighted by Gasteiger charge is -2.35. The molecule has 0 saturated carbocycles. The van der Waals surface area contributed by atoms with E-state index < -0.39 is 0 Å². The van der Waals surface area contributed by atoms with Gasteiger partial charge in [0.05, 0.1) is 25.4 Å². The highest BCUT2D eigenvalue weighted by molar-refractivity contribution is 5.43. The summed E-state index contributed by atoms with van der Waals surface area (Å²) in [6.07, 6.45) is 1.86. The standard InChI is InChI=1S/C18H28O7/c1-20-11-23-15-9-14(6-7-19)25-17(10-15)13-4-5-16(24-12-21-2)18(8-13)22-3/h4-5,8,14-15,17,19H,6-7,9-12H2,1-3H3/t14-,15-,17-/m1/s1. The fraction of sp³-hybridized carbons (Fsp3) is 0.667. The molecule has 1 aromatic carbocycles. The molecule has 25 heavy (non-hydrogen) atoms. The molecule has 3 atom stereocenters. The van der Waals surface area contributed by atoms with Crippen LogP contribution in [0.2, 0.25) is 0 Å². The zero-order valence-corrected chi connectivity index (χ0v) is 15.1. The lowest BCUT2D eigenvalue weighted by atomic mass is 9.94. The first-order chi connectivity index (χ1) is 12.2. The SMILES string of the molecule is COCOc1ccc([C@H]2C[C@H](OCOC)C[C@@H](CCO)O2)cc1OC. The van der Waals surface area contributed by atoms with Crippen LogP contribution in [0.15, 0.2) is 18.2 Å². The minimum Gasteiger partial charge on any atom is -0.493 e. The molecule has 1 aromatic rings. The summed E-state index contributed by atoms with van der Waals surface area (Å²) in [7, 11) is 4.77. The van der Waals surface area contributed by atoms with E-state index in [2.05, 4.69) is 0 Å². The molecule has 0 radical (unpaired) electrons. The Balaban J connectivity index is 2.13. The summed E-state index contributed by atoms with van der Waals surface area (Å²) in [5.74, 6) is 1.24. The lowest BCUT2D eigenvalue weighted by Crippen LogP contribution is -2.34. The van der Waals surface area contributed by atoms with Gasteiger partial charge in [-0.25, -0.2) is 0 Å². The second-order valence-corrected chi connectivity index (χ2v) is 5.89. The number of hydrogen-bond acceptors (Lipinski definition) is 7. The molecule has 1 N–H and O–H groups in total. The normalized spacial score (nSPS) is 23.4. The number of hydrogen-bond donors (Lipinski definition) is 1. The third-order valence-electron chi connectivity index (χ3n) is 4.12. The van der Waals surface area contributed by atoms with Crippen molar-refractivity contribution in [2.75, 3.05) is 41.5 Å². The van der Waals surface area contributed by atoms with Crippen LogP contribution in [0, 0.1) is 0 Å². The number of aliphatic hydroxyl groups excluding tert-OH is 1. The maximum absolute atomic E-state index is 9.24. The highest BCUT2D eigenvalue weighted by Crippen LogP contribution is 2.37. The van der Waals surface area contributed by atoms with Crippen LogP contribution in [0.5, 0.6) is 11.5 Å². The van der Waals surface area contributed by atoms with Crippen LogP contribution in [0.3, 0.4) is 0 Å². The topological polar surface area (TPSA) is 75.6 Å². The van der Waals surface area contributed by atoms with Crippen molar-refractivity contribution in [2.24, 2.45) is 0 Å². The minimum absolute atomic E-state index is 0.0191. The largest absolute Gasteiger partial charge is 0.493 e. The molecule has 142 valence electrons. The van der Waals surface area contributed by atoms with Gasteiger partial charge < -0.3 is 33.5 Å². The van der Waals surface area contributed by atoms with Gasteiger partial charge in [-0.15, -0.1) is 0 Å². The van der Waals surface area contributed by atoms with E-state index in [9.17, 15) is 5.11 Å². The average Bonchev–Trinajstić information content (AvgIpc) is 2.64. The smallest absolute Gasteiger partial charge is 0.188 e. The third kappa shape index (κ3) is 5.83. The Hall–Kier alpha value is -1.38. The van der Waals surface area contributed by atoms with Gasteiger partial charge in [-0.3, -0.25) is 0 Å². The number of aliphatic hydroxyl groups is 1. The number of methoxy groups -OCH3 is 3. The zero-order valence-electron chi connectivity index (χ0n) is 15.1. The monoisotopic (exact) mass is 356 g/mol. The van der Waals surface area contributed by atoms with Crippen molar-refractivity contribution < 1.29 is 33.5 Å². The molecule has 1 heterocycles. The second kappa shape index (κ2) is 10.6. The van der Waals surface area contributed by atoms with E-state index in [1.165, 1.54) is 0 Å². The Kier molecular flexibility index (Phi) is 8.43. The molecule has 1 saturated heterocycles. The third-order valence-corrected chi connectivity index (χ3v) is 4.12. The van der Waals surface area contributed by atoms with Gasteiger partial charge in [-0.05, 0) is 24.1 Å². The van der Waals surface area contributed by atoms with Gasteiger partial charge in [0.15, 0.2) is 18.3 Å². The Labute approximate surface area is 148 Å². The molecular weight excluding hydrogens is 328 g/mol. The van der Waals surface area contributed by atoms with E-state index in [0.29, 0.717) is 24.3 Å². The summed E-state index contributed by atoms with van der Waals surface area (Å²) in [5.41, 5.74) is 0.982. The molecule has 7 nitrogen and oxygen atoms in total. The predicted molar refractivity (Wildman–Crippen MR) is 90.8 cm³/mol. The average molecular weight is 356 g/mol. The van der Waals surface area contributed by atoms with Crippen molar-refractivity contribution in [3.63, 3.8) is 0 Å². The number of benzene rings is 1. The van der Waals surface area contributed by atoms with Crippen LogP contribution in [0.4, 0.5) is 0 Å². The molecule has 0 spiro atoms. The molecule has 1 fully saturated rings. The Morgan fingerprint density at radius 1 is 1.08 bits per heavy atom. The number of rotatable bonds is 10. The summed E-state index contributed by atoms with van der Waals surface area (Å²) < 4.78 is 32.7.